The van der Waals surface area contributed by atoms with Crippen molar-refractivity contribution in [3.05, 3.63) is 70.3 Å². The van der Waals surface area contributed by atoms with Crippen molar-refractivity contribution in [3.8, 4) is 0 Å². The number of benzene rings is 2. The Morgan fingerprint density at radius 1 is 1.07 bits per heavy atom. The molecule has 0 saturated carbocycles. The van der Waals surface area contributed by atoms with Gasteiger partial charge < -0.3 is 25.7 Å². The molecule has 30 heavy (non-hydrogen) atoms. The first-order chi connectivity index (χ1) is 14.5. The van der Waals surface area contributed by atoms with Gasteiger partial charge in [-0.1, -0.05) is 47.5 Å². The summed E-state index contributed by atoms with van der Waals surface area (Å²) in [5.74, 6) is -0.521. The number of rotatable bonds is 7. The van der Waals surface area contributed by atoms with Gasteiger partial charge in [0.05, 0.1) is 11.2 Å². The fraction of sp³-hybridized carbons (Fsp3) is 0.227. The number of allylic oxidation sites excluding steroid dienone is 1. The number of nitrogens with zero attached hydrogens (tertiary/aromatic N) is 1. The molecular formula is C22H22Cl2N4O2. The van der Waals surface area contributed by atoms with Crippen molar-refractivity contribution >= 4 is 53.0 Å². The highest BCUT2D eigenvalue weighted by molar-refractivity contribution is 6.45. The average Bonchev–Trinajstić information content (AvgIpc) is 2.76. The van der Waals surface area contributed by atoms with E-state index in [4.69, 9.17) is 28.6 Å². The monoisotopic (exact) mass is 444 g/mol. The van der Waals surface area contributed by atoms with Crippen LogP contribution in [0.3, 0.4) is 0 Å². The molecule has 3 N–H and O–H groups in total. The van der Waals surface area contributed by atoms with Crippen molar-refractivity contribution in [2.45, 2.75) is 18.4 Å². The molecule has 3 rings (SSSR count). The molecule has 1 aliphatic heterocycles. The van der Waals surface area contributed by atoms with E-state index >= 15 is 0 Å². The highest BCUT2D eigenvalue weighted by atomic mass is 35.5. The summed E-state index contributed by atoms with van der Waals surface area (Å²) in [6.45, 7) is 0.952. The molecule has 0 bridgehead atoms. The van der Waals surface area contributed by atoms with Crippen molar-refractivity contribution < 1.29 is 9.59 Å². The number of likely N-dealkylation sites (tertiary alicyclic amines) is 1. The highest BCUT2D eigenvalue weighted by Crippen LogP contribution is 2.28. The molecule has 1 fully saturated rings. The molecule has 1 aliphatic rings. The maximum absolute atomic E-state index is 12.5. The van der Waals surface area contributed by atoms with Crippen LogP contribution in [0.4, 0.5) is 11.4 Å². The van der Waals surface area contributed by atoms with Gasteiger partial charge in [-0.3, -0.25) is 4.79 Å². The second kappa shape index (κ2) is 9.78. The molecule has 8 heteroatoms. The van der Waals surface area contributed by atoms with Crippen LogP contribution in [0.2, 0.25) is 5.02 Å². The highest BCUT2D eigenvalue weighted by Gasteiger charge is 2.35. The topological polar surface area (TPSA) is 85.3 Å². The summed E-state index contributed by atoms with van der Waals surface area (Å²) in [6, 6.07) is 16.3. The van der Waals surface area contributed by atoms with Crippen molar-refractivity contribution in [2.24, 2.45) is 0 Å². The van der Waals surface area contributed by atoms with Gasteiger partial charge in [0.15, 0.2) is 0 Å². The molecule has 0 radical (unpaired) electrons. The van der Waals surface area contributed by atoms with E-state index in [1.165, 1.54) is 0 Å². The van der Waals surface area contributed by atoms with Crippen molar-refractivity contribution in [3.63, 3.8) is 0 Å². The zero-order chi connectivity index (χ0) is 21.6. The minimum Gasteiger partial charge on any atom is -0.373 e. The molecule has 2 aromatic rings. The van der Waals surface area contributed by atoms with E-state index in [-0.39, 0.29) is 5.03 Å². The SMILES string of the molecule is N=C/C(=C(/Cl)C(=O)Nc1cccc(Cl)c1)N1CCC(C=O)(Nc2ccccc2)CC1. The number of hydrogen-bond donors (Lipinski definition) is 3. The molecule has 0 unspecified atom stereocenters. The fourth-order valence-corrected chi connectivity index (χ4v) is 3.80. The van der Waals surface area contributed by atoms with Gasteiger partial charge in [0.25, 0.3) is 5.91 Å². The number of para-hydroxylation sites is 1. The molecular weight excluding hydrogens is 423 g/mol. The number of halogens is 2. The Morgan fingerprint density at radius 3 is 2.33 bits per heavy atom. The maximum atomic E-state index is 12.5. The zero-order valence-electron chi connectivity index (χ0n) is 16.2. The Morgan fingerprint density at radius 2 is 1.73 bits per heavy atom. The van der Waals surface area contributed by atoms with Crippen LogP contribution >= 0.6 is 23.2 Å². The first-order valence-corrected chi connectivity index (χ1v) is 10.2. The molecule has 2 aromatic carbocycles. The van der Waals surface area contributed by atoms with Crippen LogP contribution in [-0.2, 0) is 9.59 Å². The maximum Gasteiger partial charge on any atom is 0.269 e. The van der Waals surface area contributed by atoms with E-state index in [0.29, 0.717) is 42.3 Å². The molecule has 0 aliphatic carbocycles. The summed E-state index contributed by atoms with van der Waals surface area (Å²) in [4.78, 5) is 26.3. The lowest BCUT2D eigenvalue weighted by molar-refractivity contribution is -0.113. The summed E-state index contributed by atoms with van der Waals surface area (Å²) in [5, 5.41) is 14.2. The van der Waals surface area contributed by atoms with Crippen LogP contribution in [0.25, 0.3) is 0 Å². The summed E-state index contributed by atoms with van der Waals surface area (Å²) in [5.41, 5.74) is 1.01. The van der Waals surface area contributed by atoms with E-state index < -0.39 is 11.4 Å². The second-order valence-corrected chi connectivity index (χ2v) is 7.87. The van der Waals surface area contributed by atoms with E-state index in [1.54, 1.807) is 24.3 Å². The smallest absolute Gasteiger partial charge is 0.269 e. The molecule has 0 atom stereocenters. The number of hydrogen-bond acceptors (Lipinski definition) is 5. The number of carbonyl (C=O) groups is 2. The summed E-state index contributed by atoms with van der Waals surface area (Å²) in [7, 11) is 0. The first kappa shape index (κ1) is 21.9. The van der Waals surface area contributed by atoms with Crippen LogP contribution in [0, 0.1) is 5.41 Å². The number of piperidine rings is 1. The van der Waals surface area contributed by atoms with Crippen LogP contribution in [0.1, 0.15) is 12.8 Å². The predicted octanol–water partition coefficient (Wildman–Crippen LogP) is 4.52. The second-order valence-electron chi connectivity index (χ2n) is 7.06. The predicted molar refractivity (Wildman–Crippen MR) is 121 cm³/mol. The lowest BCUT2D eigenvalue weighted by Crippen LogP contribution is -2.50. The molecule has 1 amide bonds. The fourth-order valence-electron chi connectivity index (χ4n) is 3.39. The number of carbonyl (C=O) groups excluding carboxylic acids is 2. The molecule has 1 saturated heterocycles. The molecule has 0 aromatic heterocycles. The van der Waals surface area contributed by atoms with Gasteiger partial charge in [-0.25, -0.2) is 0 Å². The van der Waals surface area contributed by atoms with Gasteiger partial charge in [0.2, 0.25) is 0 Å². The third kappa shape index (κ3) is 5.20. The van der Waals surface area contributed by atoms with Crippen LogP contribution in [0.5, 0.6) is 0 Å². The van der Waals surface area contributed by atoms with Crippen molar-refractivity contribution in [1.82, 2.24) is 4.90 Å². The average molecular weight is 445 g/mol. The molecule has 6 nitrogen and oxygen atoms in total. The standard InChI is InChI=1S/C22H22Cl2N4O2/c23-16-5-4-8-18(13-16)26-21(30)20(24)19(14-25)28-11-9-22(15-29,10-12-28)27-17-6-2-1-3-7-17/h1-8,13-15,25,27H,9-12H2,(H,26,30)/b20-19-,25-14?. The van der Waals surface area contributed by atoms with Gasteiger partial charge in [-0.2, -0.15) is 0 Å². The minimum atomic E-state index is -0.694. The first-order valence-electron chi connectivity index (χ1n) is 9.48. The van der Waals surface area contributed by atoms with Gasteiger partial charge in [0, 0.05) is 35.7 Å². The van der Waals surface area contributed by atoms with E-state index in [2.05, 4.69) is 10.6 Å². The van der Waals surface area contributed by atoms with Crippen LogP contribution in [-0.4, -0.2) is 41.9 Å². The van der Waals surface area contributed by atoms with Gasteiger partial charge in [-0.05, 0) is 43.2 Å². The largest absolute Gasteiger partial charge is 0.373 e. The van der Waals surface area contributed by atoms with E-state index in [0.717, 1.165) is 18.2 Å². The summed E-state index contributed by atoms with van der Waals surface area (Å²) < 4.78 is 0. The Hall–Kier alpha value is -2.83. The third-order valence-electron chi connectivity index (χ3n) is 5.03. The van der Waals surface area contributed by atoms with E-state index in [9.17, 15) is 9.59 Å². The Labute approximate surface area is 185 Å². The Kier molecular flexibility index (Phi) is 7.13. The molecule has 156 valence electrons. The van der Waals surface area contributed by atoms with Gasteiger partial charge in [-0.15, -0.1) is 0 Å². The van der Waals surface area contributed by atoms with Crippen molar-refractivity contribution in [1.29, 1.82) is 5.41 Å². The quantitative estimate of drug-likeness (QED) is 0.332. The van der Waals surface area contributed by atoms with Gasteiger partial charge in [0.1, 0.15) is 11.3 Å². The number of amides is 1. The molecule has 0 spiro atoms. The Balaban J connectivity index is 1.70. The minimum absolute atomic E-state index is 0.0837. The number of anilines is 2. The van der Waals surface area contributed by atoms with Gasteiger partial charge >= 0.3 is 0 Å². The summed E-state index contributed by atoms with van der Waals surface area (Å²) in [6.07, 6.45) is 3.04. The molecule has 1 heterocycles. The Bertz CT molecular complexity index is 955. The zero-order valence-corrected chi connectivity index (χ0v) is 17.7. The lowest BCUT2D eigenvalue weighted by atomic mass is 9.88. The normalized spacial score (nSPS) is 16.3. The van der Waals surface area contributed by atoms with Crippen LogP contribution in [0.15, 0.2) is 65.3 Å². The van der Waals surface area contributed by atoms with Crippen LogP contribution < -0.4 is 10.6 Å². The van der Waals surface area contributed by atoms with Crippen molar-refractivity contribution in [2.75, 3.05) is 23.7 Å². The lowest BCUT2D eigenvalue weighted by Gasteiger charge is -2.40. The summed E-state index contributed by atoms with van der Waals surface area (Å²) >= 11 is 12.3. The number of nitrogens with one attached hydrogen (secondary N) is 3. The van der Waals surface area contributed by atoms with E-state index in [1.807, 2.05) is 35.2 Å². The number of aldehydes is 1. The third-order valence-corrected chi connectivity index (χ3v) is 5.63.